The summed E-state index contributed by atoms with van der Waals surface area (Å²) in [4.78, 5) is 15.4. The van der Waals surface area contributed by atoms with Crippen molar-refractivity contribution in [2.24, 2.45) is 14.1 Å². The molecule has 3 aromatic carbocycles. The second-order valence-electron chi connectivity index (χ2n) is 13.4. The van der Waals surface area contributed by atoms with Crippen molar-refractivity contribution in [2.75, 3.05) is 32.1 Å². The van der Waals surface area contributed by atoms with Crippen molar-refractivity contribution in [3.63, 3.8) is 0 Å². The number of aryl methyl sites for hydroxylation is 6. The van der Waals surface area contributed by atoms with Gasteiger partial charge in [-0.3, -0.25) is 9.48 Å². The summed E-state index contributed by atoms with van der Waals surface area (Å²) in [6.45, 7) is 9.35. The lowest BCUT2D eigenvalue weighted by molar-refractivity contribution is 0.111. The third kappa shape index (κ3) is 6.71. The maximum atomic E-state index is 13.1. The van der Waals surface area contributed by atoms with E-state index in [1.165, 1.54) is 7.05 Å². The zero-order valence-corrected chi connectivity index (χ0v) is 33.1. The van der Waals surface area contributed by atoms with Gasteiger partial charge < -0.3 is 18.8 Å². The van der Waals surface area contributed by atoms with Gasteiger partial charge in [-0.05, 0) is 101 Å². The van der Waals surface area contributed by atoms with Crippen LogP contribution in [0, 0.1) is 27.7 Å². The van der Waals surface area contributed by atoms with Gasteiger partial charge in [-0.15, -0.1) is 0 Å². The second-order valence-corrected chi connectivity index (χ2v) is 16.0. The number of halogens is 2. The lowest BCUT2D eigenvalue weighted by Gasteiger charge is -2.21. The van der Waals surface area contributed by atoms with Crippen LogP contribution in [0.3, 0.4) is 0 Å². The van der Waals surface area contributed by atoms with Crippen LogP contribution in [0.15, 0.2) is 53.6 Å². The lowest BCUT2D eigenvalue weighted by atomic mass is 9.98. The molecule has 52 heavy (non-hydrogen) atoms. The molecule has 0 saturated heterocycles. The summed E-state index contributed by atoms with van der Waals surface area (Å²) >= 11 is 13.4. The number of nitrogens with one attached hydrogen (secondary N) is 1. The Labute approximate surface area is 314 Å². The largest absolute Gasteiger partial charge is 0.494 e. The number of rotatable bonds is 13. The minimum atomic E-state index is -3.63. The third-order valence-corrected chi connectivity index (χ3v) is 12.4. The van der Waals surface area contributed by atoms with Crippen LogP contribution in [0.4, 0.5) is 5.69 Å². The van der Waals surface area contributed by atoms with Crippen LogP contribution in [-0.2, 0) is 37.1 Å². The molecule has 0 bridgehead atoms. The van der Waals surface area contributed by atoms with E-state index in [-0.39, 0.29) is 4.90 Å². The summed E-state index contributed by atoms with van der Waals surface area (Å²) in [6.07, 6.45) is 4.22. The fraction of sp³-hybridized carbons (Fsp3) is 0.333. The van der Waals surface area contributed by atoms with Crippen LogP contribution >= 0.6 is 23.2 Å². The highest BCUT2D eigenvalue weighted by Gasteiger charge is 2.26. The summed E-state index contributed by atoms with van der Waals surface area (Å²) in [7, 11) is 3.60. The molecule has 0 spiro atoms. The predicted molar refractivity (Wildman–Crippen MR) is 211 cm³/mol. The van der Waals surface area contributed by atoms with Gasteiger partial charge in [0.25, 0.3) is 0 Å². The van der Waals surface area contributed by atoms with E-state index in [0.29, 0.717) is 43.3 Å². The molecule has 0 aliphatic heterocycles. The minimum Gasteiger partial charge on any atom is -0.494 e. The Balaban J connectivity index is 1.40. The maximum absolute atomic E-state index is 13.1. The number of carbonyl (C=O) groups is 1. The third-order valence-electron chi connectivity index (χ3n) is 10.0. The van der Waals surface area contributed by atoms with Crippen molar-refractivity contribution >= 4 is 67.0 Å². The van der Waals surface area contributed by atoms with E-state index in [0.717, 1.165) is 83.8 Å². The predicted octanol–water partition coefficient (Wildman–Crippen LogP) is 7.94. The summed E-state index contributed by atoms with van der Waals surface area (Å²) in [5.74, 6) is 0.765. The van der Waals surface area contributed by atoms with Gasteiger partial charge >= 0.3 is 0 Å². The Morgan fingerprint density at radius 2 is 1.69 bits per heavy atom. The number of hydrogen-bond donors (Lipinski definition) is 1. The fourth-order valence-corrected chi connectivity index (χ4v) is 8.37. The van der Waals surface area contributed by atoms with Crippen LogP contribution in [0.2, 0.25) is 10.0 Å². The summed E-state index contributed by atoms with van der Waals surface area (Å²) in [6, 6.07) is 12.9. The van der Waals surface area contributed by atoms with E-state index in [9.17, 15) is 13.2 Å². The van der Waals surface area contributed by atoms with Gasteiger partial charge in [0.05, 0.1) is 39.1 Å². The Hall–Kier alpha value is -4.29. The summed E-state index contributed by atoms with van der Waals surface area (Å²) < 4.78 is 39.8. The highest BCUT2D eigenvalue weighted by atomic mass is 35.5. The van der Waals surface area contributed by atoms with Crippen molar-refractivity contribution in [3.05, 3.63) is 92.5 Å². The standard InChI is InChI=1S/C39H44Cl2N6O4S/c1-23-18-27(19-24(2)38(23)41)51-17-9-10-29-30-12-13-32(40)37(36-25(3)43-46(8)26(36)4)39(30)47(35(29)22-48)16-15-44(6)34-21-45(7)33-14-11-28(20-31(33)34)52(49,50)42-5/h11-14,18-22,42H,9-10,15-17H2,1-8H3. The van der Waals surface area contributed by atoms with Gasteiger partial charge in [0.1, 0.15) is 5.75 Å². The molecule has 0 amide bonds. The first-order valence-electron chi connectivity index (χ1n) is 17.1. The average molecular weight is 764 g/mol. The first kappa shape index (κ1) is 37.5. The molecule has 0 aliphatic carbocycles. The SMILES string of the molecule is CNS(=O)(=O)c1ccc2c(c1)c(N(C)CCn1c(C=O)c(CCCOc3cc(C)c(Cl)c(C)c3)c3ccc(Cl)c(-c4c(C)nn(C)c4C)c31)cn2C. The van der Waals surface area contributed by atoms with E-state index < -0.39 is 10.0 Å². The van der Waals surface area contributed by atoms with Crippen LogP contribution in [0.1, 0.15) is 45.0 Å². The molecular formula is C39H44Cl2N6O4S. The monoisotopic (exact) mass is 762 g/mol. The van der Waals surface area contributed by atoms with Gasteiger partial charge in [-0.1, -0.05) is 29.3 Å². The smallest absolute Gasteiger partial charge is 0.240 e. The van der Waals surface area contributed by atoms with E-state index in [1.807, 2.05) is 94.6 Å². The van der Waals surface area contributed by atoms with Crippen molar-refractivity contribution < 1.29 is 17.9 Å². The van der Waals surface area contributed by atoms with E-state index in [4.69, 9.17) is 33.0 Å². The van der Waals surface area contributed by atoms with Gasteiger partial charge in [0.15, 0.2) is 6.29 Å². The van der Waals surface area contributed by atoms with Crippen LogP contribution in [0.5, 0.6) is 5.75 Å². The molecule has 0 aliphatic rings. The number of fused-ring (bicyclic) bond motifs is 2. The number of hydrogen-bond acceptors (Lipinski definition) is 6. The number of aromatic nitrogens is 4. The van der Waals surface area contributed by atoms with Crippen LogP contribution < -0.4 is 14.4 Å². The van der Waals surface area contributed by atoms with Crippen LogP contribution in [-0.4, -0.2) is 60.9 Å². The molecule has 3 heterocycles. The Kier molecular flexibility index (Phi) is 10.5. The molecule has 274 valence electrons. The highest BCUT2D eigenvalue weighted by Crippen LogP contribution is 2.42. The minimum absolute atomic E-state index is 0.194. The lowest BCUT2D eigenvalue weighted by Crippen LogP contribution is -2.23. The normalized spacial score (nSPS) is 12.0. The zero-order valence-electron chi connectivity index (χ0n) is 30.8. The molecule has 13 heteroatoms. The van der Waals surface area contributed by atoms with Crippen molar-refractivity contribution in [1.82, 2.24) is 23.6 Å². The number of benzene rings is 3. The Morgan fingerprint density at radius 1 is 0.981 bits per heavy atom. The van der Waals surface area contributed by atoms with Gasteiger partial charge in [0, 0.05) is 78.6 Å². The van der Waals surface area contributed by atoms with E-state index in [2.05, 4.69) is 14.2 Å². The number of sulfonamides is 1. The molecule has 1 N–H and O–H groups in total. The molecule has 0 fully saturated rings. The van der Waals surface area contributed by atoms with Gasteiger partial charge in [-0.2, -0.15) is 5.10 Å². The average Bonchev–Trinajstić information content (AvgIpc) is 3.70. The number of aldehydes is 1. The first-order chi connectivity index (χ1) is 24.7. The highest BCUT2D eigenvalue weighted by molar-refractivity contribution is 7.89. The zero-order chi connectivity index (χ0) is 37.6. The molecule has 6 rings (SSSR count). The maximum Gasteiger partial charge on any atom is 0.240 e. The van der Waals surface area contributed by atoms with E-state index in [1.54, 1.807) is 12.1 Å². The molecule has 0 unspecified atom stereocenters. The number of anilines is 1. The van der Waals surface area contributed by atoms with E-state index >= 15 is 0 Å². The number of ether oxygens (including phenoxy) is 1. The molecule has 0 radical (unpaired) electrons. The summed E-state index contributed by atoms with van der Waals surface area (Å²) in [5.41, 5.74) is 9.70. The number of likely N-dealkylation sites (N-methyl/N-ethyl adjacent to an activating group) is 1. The van der Waals surface area contributed by atoms with Gasteiger partial charge in [-0.25, -0.2) is 13.1 Å². The Morgan fingerprint density at radius 3 is 2.33 bits per heavy atom. The molecule has 6 aromatic rings. The molecular weight excluding hydrogens is 719 g/mol. The quantitative estimate of drug-likeness (QED) is 0.0947. The first-order valence-corrected chi connectivity index (χ1v) is 19.3. The fourth-order valence-electron chi connectivity index (χ4n) is 7.25. The molecule has 3 aromatic heterocycles. The summed E-state index contributed by atoms with van der Waals surface area (Å²) in [5, 5.41) is 7.77. The van der Waals surface area contributed by atoms with Crippen molar-refractivity contribution in [1.29, 1.82) is 0 Å². The molecule has 0 saturated carbocycles. The molecule has 0 atom stereocenters. The molecule has 10 nitrogen and oxygen atoms in total. The van der Waals surface area contributed by atoms with Gasteiger partial charge in [0.2, 0.25) is 10.0 Å². The van der Waals surface area contributed by atoms with Crippen molar-refractivity contribution in [3.8, 4) is 16.9 Å². The second kappa shape index (κ2) is 14.6. The number of carbonyl (C=O) groups excluding carboxylic acids is 1. The van der Waals surface area contributed by atoms with Crippen LogP contribution in [0.25, 0.3) is 32.9 Å². The topological polar surface area (TPSA) is 103 Å². The Bertz CT molecular complexity index is 2440. The number of nitrogens with zero attached hydrogens (tertiary/aromatic N) is 5. The van der Waals surface area contributed by atoms with Crippen molar-refractivity contribution in [2.45, 2.75) is 52.0 Å².